The van der Waals surface area contributed by atoms with Crippen molar-refractivity contribution in [3.05, 3.63) is 95.6 Å². The standard InChI is InChI=1S/C26H30BNO3/c1-3-20(2)30-24-16-10-15-23-25(31-27(29)26(23)24)19-28(17-21-11-6-4-7-12-21)18-22-13-8-5-9-14-22/h4-16,20,25,29H,3,17-19H2,1-2H3/t20-,25-/m1/s1. The van der Waals surface area contributed by atoms with Crippen molar-refractivity contribution >= 4 is 12.6 Å². The van der Waals surface area contributed by atoms with Crippen molar-refractivity contribution in [1.82, 2.24) is 4.90 Å². The molecule has 0 bridgehead atoms. The van der Waals surface area contributed by atoms with Crippen LogP contribution in [0.1, 0.15) is 43.1 Å². The molecule has 3 aromatic rings. The van der Waals surface area contributed by atoms with E-state index in [0.29, 0.717) is 6.54 Å². The predicted octanol–water partition coefficient (Wildman–Crippen LogP) is 4.33. The zero-order valence-corrected chi connectivity index (χ0v) is 18.3. The summed E-state index contributed by atoms with van der Waals surface area (Å²) < 4.78 is 12.1. The van der Waals surface area contributed by atoms with Gasteiger partial charge < -0.3 is 14.4 Å². The zero-order valence-electron chi connectivity index (χ0n) is 18.3. The lowest BCUT2D eigenvalue weighted by Crippen LogP contribution is -2.31. The van der Waals surface area contributed by atoms with E-state index in [9.17, 15) is 5.02 Å². The predicted molar refractivity (Wildman–Crippen MR) is 125 cm³/mol. The molecule has 0 aliphatic carbocycles. The summed E-state index contributed by atoms with van der Waals surface area (Å²) in [5.74, 6) is 0.722. The van der Waals surface area contributed by atoms with Gasteiger partial charge in [0.15, 0.2) is 0 Å². The molecular weight excluding hydrogens is 385 g/mol. The van der Waals surface area contributed by atoms with Gasteiger partial charge >= 0.3 is 7.12 Å². The second kappa shape index (κ2) is 10.1. The van der Waals surface area contributed by atoms with Gasteiger partial charge in [0, 0.05) is 25.1 Å². The number of rotatable bonds is 9. The molecule has 4 nitrogen and oxygen atoms in total. The number of hydrogen-bond acceptors (Lipinski definition) is 4. The van der Waals surface area contributed by atoms with Crippen LogP contribution in [-0.2, 0) is 17.7 Å². The topological polar surface area (TPSA) is 41.9 Å². The monoisotopic (exact) mass is 415 g/mol. The summed E-state index contributed by atoms with van der Waals surface area (Å²) in [6.45, 7) is 6.43. The van der Waals surface area contributed by atoms with E-state index in [1.165, 1.54) is 11.1 Å². The van der Waals surface area contributed by atoms with Crippen LogP contribution in [0.2, 0.25) is 0 Å². The van der Waals surface area contributed by atoms with Gasteiger partial charge in [0.2, 0.25) is 0 Å². The van der Waals surface area contributed by atoms with Crippen molar-refractivity contribution in [3.8, 4) is 5.75 Å². The molecule has 0 saturated heterocycles. The normalized spacial score (nSPS) is 16.4. The van der Waals surface area contributed by atoms with Gasteiger partial charge in [-0.1, -0.05) is 79.7 Å². The van der Waals surface area contributed by atoms with Gasteiger partial charge in [-0.15, -0.1) is 0 Å². The van der Waals surface area contributed by atoms with Crippen molar-refractivity contribution < 1.29 is 14.4 Å². The Bertz CT molecular complexity index is 925. The Kier molecular flexibility index (Phi) is 7.08. The molecule has 0 fully saturated rings. The van der Waals surface area contributed by atoms with Crippen molar-refractivity contribution in [1.29, 1.82) is 0 Å². The summed E-state index contributed by atoms with van der Waals surface area (Å²) in [6, 6.07) is 26.9. The maximum absolute atomic E-state index is 10.7. The second-order valence-electron chi connectivity index (χ2n) is 8.21. The maximum Gasteiger partial charge on any atom is 0.495 e. The average molecular weight is 415 g/mol. The Hall–Kier alpha value is -2.60. The highest BCUT2D eigenvalue weighted by Gasteiger charge is 2.38. The molecular formula is C26H30BNO3. The third-order valence-electron chi connectivity index (χ3n) is 5.81. The lowest BCUT2D eigenvalue weighted by atomic mass is 9.78. The largest absolute Gasteiger partial charge is 0.495 e. The van der Waals surface area contributed by atoms with Crippen LogP contribution in [0.15, 0.2) is 78.9 Å². The Morgan fingerprint density at radius 2 is 1.55 bits per heavy atom. The number of hydrogen-bond donors (Lipinski definition) is 1. The molecule has 1 aliphatic rings. The first-order valence-corrected chi connectivity index (χ1v) is 11.1. The van der Waals surface area contributed by atoms with Gasteiger partial charge in [0.05, 0.1) is 12.2 Å². The smallest absolute Gasteiger partial charge is 0.491 e. The van der Waals surface area contributed by atoms with E-state index in [-0.39, 0.29) is 12.2 Å². The molecule has 0 amide bonds. The first-order chi connectivity index (χ1) is 15.1. The Balaban J connectivity index is 1.57. The quantitative estimate of drug-likeness (QED) is 0.529. The van der Waals surface area contributed by atoms with Crippen LogP contribution in [0.4, 0.5) is 0 Å². The molecule has 1 aliphatic heterocycles. The molecule has 0 aromatic heterocycles. The van der Waals surface area contributed by atoms with Crippen molar-refractivity contribution in [3.63, 3.8) is 0 Å². The summed E-state index contributed by atoms with van der Waals surface area (Å²) in [5.41, 5.74) is 4.30. The van der Waals surface area contributed by atoms with E-state index < -0.39 is 7.12 Å². The fourth-order valence-electron chi connectivity index (χ4n) is 4.05. The van der Waals surface area contributed by atoms with Crippen molar-refractivity contribution in [2.45, 2.75) is 45.6 Å². The lowest BCUT2D eigenvalue weighted by Gasteiger charge is -2.26. The Morgan fingerprint density at radius 3 is 2.13 bits per heavy atom. The van der Waals surface area contributed by atoms with E-state index >= 15 is 0 Å². The van der Waals surface area contributed by atoms with Crippen LogP contribution in [0.5, 0.6) is 5.75 Å². The number of ether oxygens (including phenoxy) is 1. The molecule has 5 heteroatoms. The number of nitrogens with zero attached hydrogens (tertiary/aromatic N) is 1. The van der Waals surface area contributed by atoms with Gasteiger partial charge in [0.1, 0.15) is 5.75 Å². The van der Waals surface area contributed by atoms with Gasteiger partial charge in [-0.25, -0.2) is 0 Å². The molecule has 31 heavy (non-hydrogen) atoms. The molecule has 160 valence electrons. The van der Waals surface area contributed by atoms with Crippen LogP contribution in [0, 0.1) is 0 Å². The van der Waals surface area contributed by atoms with Crippen LogP contribution >= 0.6 is 0 Å². The molecule has 0 saturated carbocycles. The van der Waals surface area contributed by atoms with Gasteiger partial charge in [-0.05, 0) is 36.1 Å². The van der Waals surface area contributed by atoms with E-state index in [4.69, 9.17) is 9.39 Å². The SMILES string of the molecule is CC[C@@H](C)Oc1cccc2c1B(O)O[C@@H]2CN(Cc1ccccc1)Cc1ccccc1. The first-order valence-electron chi connectivity index (χ1n) is 11.1. The van der Waals surface area contributed by atoms with Crippen molar-refractivity contribution in [2.24, 2.45) is 0 Å². The van der Waals surface area contributed by atoms with E-state index in [1.54, 1.807) is 0 Å². The van der Waals surface area contributed by atoms with Crippen LogP contribution in [-0.4, -0.2) is 29.7 Å². The fraction of sp³-hybridized carbons (Fsp3) is 0.308. The second-order valence-corrected chi connectivity index (χ2v) is 8.21. The average Bonchev–Trinajstić information content (AvgIpc) is 3.11. The van der Waals surface area contributed by atoms with Crippen molar-refractivity contribution in [2.75, 3.05) is 6.54 Å². The highest BCUT2D eigenvalue weighted by Crippen LogP contribution is 2.30. The summed E-state index contributed by atoms with van der Waals surface area (Å²) in [6.07, 6.45) is 0.787. The van der Waals surface area contributed by atoms with Gasteiger partial charge in [-0.2, -0.15) is 0 Å². The summed E-state index contributed by atoms with van der Waals surface area (Å²) in [4.78, 5) is 2.37. The zero-order chi connectivity index (χ0) is 21.6. The molecule has 2 atom stereocenters. The molecule has 1 N–H and O–H groups in total. The minimum Gasteiger partial charge on any atom is -0.491 e. The minimum atomic E-state index is -0.962. The van der Waals surface area contributed by atoms with Gasteiger partial charge in [-0.3, -0.25) is 4.90 Å². The molecule has 0 unspecified atom stereocenters. The molecule has 3 aromatic carbocycles. The van der Waals surface area contributed by atoms with E-state index in [0.717, 1.165) is 36.3 Å². The minimum absolute atomic E-state index is 0.0883. The summed E-state index contributed by atoms with van der Waals surface area (Å²) in [5, 5.41) is 10.7. The highest BCUT2D eigenvalue weighted by atomic mass is 16.5. The van der Waals surface area contributed by atoms with Crippen LogP contribution in [0.3, 0.4) is 0 Å². The molecule has 4 rings (SSSR count). The molecule has 0 radical (unpaired) electrons. The summed E-state index contributed by atoms with van der Waals surface area (Å²) >= 11 is 0. The highest BCUT2D eigenvalue weighted by molar-refractivity contribution is 6.62. The van der Waals surface area contributed by atoms with Crippen LogP contribution < -0.4 is 10.2 Å². The third-order valence-corrected chi connectivity index (χ3v) is 5.81. The van der Waals surface area contributed by atoms with Gasteiger partial charge in [0.25, 0.3) is 0 Å². The first kappa shape index (κ1) is 21.6. The Labute approximate surface area is 185 Å². The Morgan fingerprint density at radius 1 is 0.935 bits per heavy atom. The van der Waals surface area contributed by atoms with E-state index in [2.05, 4.69) is 60.4 Å². The molecule has 1 heterocycles. The summed E-state index contributed by atoms with van der Waals surface area (Å²) in [7, 11) is -0.962. The number of fused-ring (bicyclic) bond motifs is 1. The lowest BCUT2D eigenvalue weighted by molar-refractivity contribution is 0.118. The maximum atomic E-state index is 10.7. The molecule has 0 spiro atoms. The van der Waals surface area contributed by atoms with E-state index in [1.807, 2.05) is 37.3 Å². The fourth-order valence-corrected chi connectivity index (χ4v) is 4.05. The third kappa shape index (κ3) is 5.37. The van der Waals surface area contributed by atoms with Crippen LogP contribution in [0.25, 0.3) is 0 Å². The number of benzene rings is 3.